The van der Waals surface area contributed by atoms with Crippen molar-refractivity contribution in [1.29, 1.82) is 0 Å². The van der Waals surface area contributed by atoms with Gasteiger partial charge in [0, 0.05) is 18.3 Å². The molecule has 1 aliphatic rings. The highest BCUT2D eigenvalue weighted by atomic mass is 16.5. The molecule has 19 heavy (non-hydrogen) atoms. The molecule has 0 saturated carbocycles. The molecule has 0 fully saturated rings. The second-order valence-electron chi connectivity index (χ2n) is 4.75. The maximum absolute atomic E-state index is 5.76. The largest absolute Gasteiger partial charge is 0.498 e. The third-order valence-corrected chi connectivity index (χ3v) is 3.10. The summed E-state index contributed by atoms with van der Waals surface area (Å²) in [5.41, 5.74) is 3.37. The van der Waals surface area contributed by atoms with Gasteiger partial charge in [-0.3, -0.25) is 4.98 Å². The van der Waals surface area contributed by atoms with Gasteiger partial charge >= 0.3 is 0 Å². The van der Waals surface area contributed by atoms with Crippen molar-refractivity contribution in [3.05, 3.63) is 59.7 Å². The summed E-state index contributed by atoms with van der Waals surface area (Å²) in [6.07, 6.45) is 13.5. The van der Waals surface area contributed by atoms with Gasteiger partial charge in [-0.2, -0.15) is 0 Å². The van der Waals surface area contributed by atoms with E-state index in [-0.39, 0.29) is 0 Å². The normalized spacial score (nSPS) is 14.6. The van der Waals surface area contributed by atoms with E-state index in [4.69, 9.17) is 4.74 Å². The summed E-state index contributed by atoms with van der Waals surface area (Å²) in [6, 6.07) is 4.15. The van der Waals surface area contributed by atoms with E-state index in [9.17, 15) is 0 Å². The lowest BCUT2D eigenvalue weighted by molar-refractivity contribution is 0.203. The molecule has 0 bridgehead atoms. The van der Waals surface area contributed by atoms with Crippen molar-refractivity contribution in [3.63, 3.8) is 0 Å². The first-order valence-electron chi connectivity index (χ1n) is 6.93. The van der Waals surface area contributed by atoms with Gasteiger partial charge in [0.2, 0.25) is 0 Å². The van der Waals surface area contributed by atoms with Crippen LogP contribution < -0.4 is 0 Å². The molecule has 100 valence electrons. The highest BCUT2D eigenvalue weighted by Crippen LogP contribution is 2.20. The Morgan fingerprint density at radius 3 is 2.89 bits per heavy atom. The van der Waals surface area contributed by atoms with Gasteiger partial charge in [0.15, 0.2) is 0 Å². The first kappa shape index (κ1) is 13.6. The highest BCUT2D eigenvalue weighted by molar-refractivity contribution is 5.75. The van der Waals surface area contributed by atoms with Gasteiger partial charge in [0.05, 0.1) is 12.4 Å². The number of ether oxygens (including phenoxy) is 1. The Balaban J connectivity index is 2.08. The fraction of sp³-hybridized carbons (Fsp3) is 0.353. The standard InChI is InChI=1S/C17H21NO/c1-3-4-12-19-17-7-5-6-15(10-11-17)16-9-8-14(2)18-13-16/h5-6,8-11,13H,3-4,7,12H2,1-2H3. The summed E-state index contributed by atoms with van der Waals surface area (Å²) in [6.45, 7) is 4.99. The molecule has 2 heteroatoms. The van der Waals surface area contributed by atoms with E-state index in [1.165, 1.54) is 12.0 Å². The maximum atomic E-state index is 5.76. The smallest absolute Gasteiger partial charge is 0.0997 e. The number of pyridine rings is 1. The maximum Gasteiger partial charge on any atom is 0.0997 e. The third-order valence-electron chi connectivity index (χ3n) is 3.10. The van der Waals surface area contributed by atoms with E-state index >= 15 is 0 Å². The van der Waals surface area contributed by atoms with Crippen LogP contribution in [0.25, 0.3) is 5.57 Å². The van der Waals surface area contributed by atoms with Crippen molar-refractivity contribution in [2.45, 2.75) is 33.1 Å². The first-order chi connectivity index (χ1) is 9.29. The molecule has 0 aromatic carbocycles. The second kappa shape index (κ2) is 6.93. The lowest BCUT2D eigenvalue weighted by atomic mass is 10.1. The van der Waals surface area contributed by atoms with E-state index in [0.29, 0.717) is 0 Å². The van der Waals surface area contributed by atoms with Crippen LogP contribution in [0.1, 0.15) is 37.4 Å². The van der Waals surface area contributed by atoms with Crippen molar-refractivity contribution in [2.24, 2.45) is 0 Å². The molecule has 2 rings (SSSR count). The van der Waals surface area contributed by atoms with Crippen LogP contribution in [0, 0.1) is 6.92 Å². The number of allylic oxidation sites excluding steroid dienone is 5. The Bertz CT molecular complexity index is 494. The predicted octanol–water partition coefficient (Wildman–Crippen LogP) is 4.43. The molecule has 1 aliphatic carbocycles. The van der Waals surface area contributed by atoms with Gasteiger partial charge in [-0.05, 0) is 36.6 Å². The van der Waals surface area contributed by atoms with Crippen molar-refractivity contribution < 1.29 is 4.74 Å². The molecule has 0 unspecified atom stereocenters. The predicted molar refractivity (Wildman–Crippen MR) is 79.7 cm³/mol. The molecule has 0 aliphatic heterocycles. The number of hydrogen-bond donors (Lipinski definition) is 0. The zero-order valence-electron chi connectivity index (χ0n) is 11.7. The van der Waals surface area contributed by atoms with Crippen LogP contribution in [-0.2, 0) is 4.74 Å². The van der Waals surface area contributed by atoms with Crippen molar-refractivity contribution in [3.8, 4) is 0 Å². The topological polar surface area (TPSA) is 22.1 Å². The van der Waals surface area contributed by atoms with Crippen molar-refractivity contribution in [2.75, 3.05) is 6.61 Å². The zero-order chi connectivity index (χ0) is 13.5. The van der Waals surface area contributed by atoms with E-state index in [1.807, 2.05) is 19.2 Å². The van der Waals surface area contributed by atoms with Crippen LogP contribution in [0.3, 0.4) is 0 Å². The molecule has 1 aromatic rings. The molecule has 0 saturated heterocycles. The van der Waals surface area contributed by atoms with E-state index in [2.05, 4.69) is 42.3 Å². The Morgan fingerprint density at radius 2 is 2.16 bits per heavy atom. The fourth-order valence-electron chi connectivity index (χ4n) is 1.89. The summed E-state index contributed by atoms with van der Waals surface area (Å²) in [4.78, 5) is 4.34. The van der Waals surface area contributed by atoms with Gasteiger partial charge < -0.3 is 4.74 Å². The van der Waals surface area contributed by atoms with Crippen LogP contribution in [0.5, 0.6) is 0 Å². The number of aryl methyl sites for hydroxylation is 1. The van der Waals surface area contributed by atoms with Crippen LogP contribution >= 0.6 is 0 Å². The molecule has 0 N–H and O–H groups in total. The molecule has 1 aromatic heterocycles. The highest BCUT2D eigenvalue weighted by Gasteiger charge is 2.03. The molecular formula is C17H21NO. The number of nitrogens with zero attached hydrogens (tertiary/aromatic N) is 1. The molecule has 1 heterocycles. The van der Waals surface area contributed by atoms with Gasteiger partial charge in [-0.25, -0.2) is 0 Å². The minimum Gasteiger partial charge on any atom is -0.498 e. The Hall–Kier alpha value is -1.83. The minimum atomic E-state index is 0.811. The Morgan fingerprint density at radius 1 is 1.26 bits per heavy atom. The van der Waals surface area contributed by atoms with Crippen LogP contribution in [0.4, 0.5) is 0 Å². The summed E-state index contributed by atoms with van der Waals surface area (Å²) in [7, 11) is 0. The SMILES string of the molecule is CCCCOC1=CC=C(c2ccc(C)nc2)C=CC1. The molecule has 0 radical (unpaired) electrons. The monoisotopic (exact) mass is 255 g/mol. The quantitative estimate of drug-likeness (QED) is 0.726. The van der Waals surface area contributed by atoms with Gasteiger partial charge in [-0.15, -0.1) is 0 Å². The third kappa shape index (κ3) is 4.09. The second-order valence-corrected chi connectivity index (χ2v) is 4.75. The van der Waals surface area contributed by atoms with Crippen molar-refractivity contribution >= 4 is 5.57 Å². The lowest BCUT2D eigenvalue weighted by Gasteiger charge is -2.06. The minimum absolute atomic E-state index is 0.811. The Kier molecular flexibility index (Phi) is 4.96. The fourth-order valence-corrected chi connectivity index (χ4v) is 1.89. The number of hydrogen-bond acceptors (Lipinski definition) is 2. The summed E-state index contributed by atoms with van der Waals surface area (Å²) < 4.78 is 5.76. The lowest BCUT2D eigenvalue weighted by Crippen LogP contribution is -1.93. The average Bonchev–Trinajstić information content (AvgIpc) is 2.66. The van der Waals surface area contributed by atoms with Gasteiger partial charge in [0.1, 0.15) is 0 Å². The Labute approximate surface area is 115 Å². The summed E-state index contributed by atoms with van der Waals surface area (Å²) in [5.74, 6) is 1.04. The molecular weight excluding hydrogens is 234 g/mol. The van der Waals surface area contributed by atoms with Crippen LogP contribution in [0.2, 0.25) is 0 Å². The number of aromatic nitrogens is 1. The van der Waals surface area contributed by atoms with E-state index in [1.54, 1.807) is 0 Å². The number of unbranched alkanes of at least 4 members (excludes halogenated alkanes) is 1. The molecule has 2 nitrogen and oxygen atoms in total. The van der Waals surface area contributed by atoms with Crippen LogP contribution in [-0.4, -0.2) is 11.6 Å². The zero-order valence-corrected chi connectivity index (χ0v) is 11.7. The summed E-state index contributed by atoms with van der Waals surface area (Å²) in [5, 5.41) is 0. The summed E-state index contributed by atoms with van der Waals surface area (Å²) >= 11 is 0. The van der Waals surface area contributed by atoms with Gasteiger partial charge in [-0.1, -0.05) is 37.6 Å². The van der Waals surface area contributed by atoms with Crippen molar-refractivity contribution in [1.82, 2.24) is 4.98 Å². The van der Waals surface area contributed by atoms with Gasteiger partial charge in [0.25, 0.3) is 0 Å². The number of rotatable bonds is 5. The van der Waals surface area contributed by atoms with Crippen LogP contribution in [0.15, 0.2) is 48.4 Å². The molecule has 0 amide bonds. The molecule has 0 atom stereocenters. The molecule has 0 spiro atoms. The average molecular weight is 255 g/mol. The van der Waals surface area contributed by atoms with E-state index in [0.717, 1.165) is 36.5 Å². The first-order valence-corrected chi connectivity index (χ1v) is 6.93. The van der Waals surface area contributed by atoms with E-state index < -0.39 is 0 Å².